The van der Waals surface area contributed by atoms with Crippen molar-refractivity contribution in [1.29, 1.82) is 0 Å². The van der Waals surface area contributed by atoms with E-state index in [9.17, 15) is 0 Å². The third kappa shape index (κ3) is 35.7. The van der Waals surface area contributed by atoms with Gasteiger partial charge in [-0.2, -0.15) is 0 Å². The van der Waals surface area contributed by atoms with Crippen molar-refractivity contribution in [3.63, 3.8) is 0 Å². The Morgan fingerprint density at radius 1 is 0.211 bits per heavy atom. The molecule has 228 valence electrons. The highest BCUT2D eigenvalue weighted by atomic mass is 14.0. The predicted molar refractivity (Wildman–Crippen MR) is 177 cm³/mol. The summed E-state index contributed by atoms with van der Waals surface area (Å²) in [5.74, 6) is 0. The molecule has 0 amide bonds. The van der Waals surface area contributed by atoms with Gasteiger partial charge in [0.05, 0.1) is 0 Å². The number of allylic oxidation sites excluding steroid dienone is 2. The van der Waals surface area contributed by atoms with Gasteiger partial charge in [-0.15, -0.1) is 0 Å². The van der Waals surface area contributed by atoms with Gasteiger partial charge in [0.15, 0.2) is 0 Å². The molecule has 0 bridgehead atoms. The van der Waals surface area contributed by atoms with E-state index in [1.54, 1.807) is 0 Å². The standard InChI is InChI=1S/C38H76/c1-3-5-7-9-11-13-15-17-19-21-23-25-27-29-31-33-35-37-38-36-34-32-30-28-26-24-22-20-18-16-14-12-10-8-6-4-2/h37-38H,3-36H2,1-2H3. The smallest absolute Gasteiger partial charge is 0.0351 e. The van der Waals surface area contributed by atoms with Crippen LogP contribution in [-0.2, 0) is 0 Å². The van der Waals surface area contributed by atoms with Crippen LogP contribution < -0.4 is 0 Å². The van der Waals surface area contributed by atoms with Crippen molar-refractivity contribution < 1.29 is 0 Å². The van der Waals surface area contributed by atoms with E-state index in [-0.39, 0.29) is 0 Å². The van der Waals surface area contributed by atoms with Crippen LogP contribution >= 0.6 is 0 Å². The molecule has 0 spiro atoms. The van der Waals surface area contributed by atoms with Gasteiger partial charge in [0, 0.05) is 0 Å². The summed E-state index contributed by atoms with van der Waals surface area (Å²) in [7, 11) is 0. The van der Waals surface area contributed by atoms with Gasteiger partial charge in [-0.25, -0.2) is 0 Å². The molecular weight excluding hydrogens is 456 g/mol. The van der Waals surface area contributed by atoms with Crippen LogP contribution in [0.15, 0.2) is 12.2 Å². The van der Waals surface area contributed by atoms with Crippen molar-refractivity contribution in [3.8, 4) is 0 Å². The van der Waals surface area contributed by atoms with Crippen molar-refractivity contribution in [3.05, 3.63) is 12.2 Å². The third-order valence-corrected chi connectivity index (χ3v) is 8.62. The monoisotopic (exact) mass is 533 g/mol. The molecule has 0 heterocycles. The maximum atomic E-state index is 2.47. The summed E-state index contributed by atoms with van der Waals surface area (Å²) in [6.07, 6.45) is 54.4. The highest BCUT2D eigenvalue weighted by Gasteiger charge is 1.96. The molecule has 0 N–H and O–H groups in total. The van der Waals surface area contributed by atoms with Crippen LogP contribution in [0.4, 0.5) is 0 Å². The van der Waals surface area contributed by atoms with Crippen molar-refractivity contribution in [2.24, 2.45) is 0 Å². The second kappa shape index (κ2) is 36.7. The van der Waals surface area contributed by atoms with E-state index >= 15 is 0 Å². The van der Waals surface area contributed by atoms with Gasteiger partial charge in [0.25, 0.3) is 0 Å². The summed E-state index contributed by atoms with van der Waals surface area (Å²) in [4.78, 5) is 0. The molecule has 0 aromatic rings. The molecule has 38 heavy (non-hydrogen) atoms. The third-order valence-electron chi connectivity index (χ3n) is 8.62. The van der Waals surface area contributed by atoms with Gasteiger partial charge in [0.1, 0.15) is 0 Å². The Balaban J connectivity index is 3.07. The second-order valence-electron chi connectivity index (χ2n) is 12.7. The Morgan fingerprint density at radius 2 is 0.368 bits per heavy atom. The van der Waals surface area contributed by atoms with E-state index in [1.165, 1.54) is 218 Å². The van der Waals surface area contributed by atoms with E-state index in [0.717, 1.165) is 0 Å². The number of hydrogen-bond donors (Lipinski definition) is 0. The number of unbranched alkanes of at least 4 members (excludes halogenated alkanes) is 32. The summed E-state index contributed by atoms with van der Waals surface area (Å²) in [6.45, 7) is 4.61. The van der Waals surface area contributed by atoms with Gasteiger partial charge in [-0.1, -0.05) is 219 Å². The summed E-state index contributed by atoms with van der Waals surface area (Å²) in [5.41, 5.74) is 0. The van der Waals surface area contributed by atoms with E-state index < -0.39 is 0 Å². The van der Waals surface area contributed by atoms with Gasteiger partial charge in [-0.05, 0) is 25.7 Å². The van der Waals surface area contributed by atoms with Crippen molar-refractivity contribution in [1.82, 2.24) is 0 Å². The first-order valence-electron chi connectivity index (χ1n) is 18.6. The average Bonchev–Trinajstić information content (AvgIpc) is 2.93. The summed E-state index contributed by atoms with van der Waals surface area (Å²) < 4.78 is 0. The van der Waals surface area contributed by atoms with Crippen molar-refractivity contribution in [2.45, 2.75) is 232 Å². The Morgan fingerprint density at radius 3 is 0.553 bits per heavy atom. The summed E-state index contributed by atoms with van der Waals surface area (Å²) >= 11 is 0. The molecule has 0 nitrogen and oxygen atoms in total. The van der Waals surface area contributed by atoms with Crippen LogP contribution in [-0.4, -0.2) is 0 Å². The van der Waals surface area contributed by atoms with Crippen LogP contribution in [0.5, 0.6) is 0 Å². The molecule has 0 rings (SSSR count). The first-order chi connectivity index (χ1) is 18.9. The molecule has 0 aliphatic carbocycles. The normalized spacial score (nSPS) is 11.7. The van der Waals surface area contributed by atoms with Gasteiger partial charge in [0.2, 0.25) is 0 Å². The largest absolute Gasteiger partial charge is 0.0885 e. The first kappa shape index (κ1) is 37.7. The van der Waals surface area contributed by atoms with Crippen LogP contribution in [0.2, 0.25) is 0 Å². The molecule has 0 radical (unpaired) electrons. The molecule has 0 heteroatoms. The lowest BCUT2D eigenvalue weighted by molar-refractivity contribution is 0.529. The molecule has 0 unspecified atom stereocenters. The van der Waals surface area contributed by atoms with Crippen LogP contribution in [0, 0.1) is 0 Å². The number of hydrogen-bond acceptors (Lipinski definition) is 0. The first-order valence-corrected chi connectivity index (χ1v) is 18.6. The molecule has 0 saturated heterocycles. The summed E-state index contributed by atoms with van der Waals surface area (Å²) in [5, 5.41) is 0. The highest BCUT2D eigenvalue weighted by molar-refractivity contribution is 4.81. The maximum Gasteiger partial charge on any atom is -0.0351 e. The zero-order valence-corrected chi connectivity index (χ0v) is 27.2. The van der Waals surface area contributed by atoms with Crippen molar-refractivity contribution in [2.75, 3.05) is 0 Å². The minimum Gasteiger partial charge on any atom is -0.0885 e. The van der Waals surface area contributed by atoms with Gasteiger partial charge >= 0.3 is 0 Å². The zero-order chi connectivity index (χ0) is 27.5. The molecule has 0 aromatic heterocycles. The molecular formula is C38H76. The highest BCUT2D eigenvalue weighted by Crippen LogP contribution is 2.16. The Kier molecular flexibility index (Phi) is 36.5. The van der Waals surface area contributed by atoms with E-state index in [1.807, 2.05) is 0 Å². The molecule has 0 aliphatic rings. The average molecular weight is 533 g/mol. The van der Waals surface area contributed by atoms with E-state index in [4.69, 9.17) is 0 Å². The lowest BCUT2D eigenvalue weighted by atomic mass is 10.0. The minimum absolute atomic E-state index is 1.32. The van der Waals surface area contributed by atoms with Crippen molar-refractivity contribution >= 4 is 0 Å². The summed E-state index contributed by atoms with van der Waals surface area (Å²) in [6, 6.07) is 0. The molecule has 0 atom stereocenters. The fourth-order valence-corrected chi connectivity index (χ4v) is 5.86. The molecule has 0 saturated carbocycles. The molecule has 0 aromatic carbocycles. The maximum absolute atomic E-state index is 2.47. The lowest BCUT2D eigenvalue weighted by Crippen LogP contribution is -1.83. The van der Waals surface area contributed by atoms with E-state index in [0.29, 0.717) is 0 Å². The fourth-order valence-electron chi connectivity index (χ4n) is 5.86. The molecule has 0 aliphatic heterocycles. The fraction of sp³-hybridized carbons (Fsp3) is 0.947. The quantitative estimate of drug-likeness (QED) is 0.0571. The van der Waals surface area contributed by atoms with Gasteiger partial charge < -0.3 is 0 Å². The van der Waals surface area contributed by atoms with Crippen LogP contribution in [0.3, 0.4) is 0 Å². The zero-order valence-electron chi connectivity index (χ0n) is 27.2. The minimum atomic E-state index is 1.32. The molecule has 0 fully saturated rings. The lowest BCUT2D eigenvalue weighted by Gasteiger charge is -2.03. The van der Waals surface area contributed by atoms with E-state index in [2.05, 4.69) is 26.0 Å². The SMILES string of the molecule is CCCCCCCCCCCCCCCCCCC=CCCCCCCCCCCCCCCCCCC. The Bertz CT molecular complexity index is 370. The Hall–Kier alpha value is -0.260. The van der Waals surface area contributed by atoms with Crippen LogP contribution in [0.1, 0.15) is 232 Å². The van der Waals surface area contributed by atoms with Crippen LogP contribution in [0.25, 0.3) is 0 Å². The van der Waals surface area contributed by atoms with Gasteiger partial charge in [-0.3, -0.25) is 0 Å². The predicted octanol–water partition coefficient (Wildman–Crippen LogP) is 14.8. The topological polar surface area (TPSA) is 0 Å². The second-order valence-corrected chi connectivity index (χ2v) is 12.7. The Labute approximate surface area is 244 Å². The number of rotatable bonds is 34.